The van der Waals surface area contributed by atoms with E-state index >= 15 is 4.39 Å². The molecule has 0 spiro atoms. The van der Waals surface area contributed by atoms with Crippen LogP contribution in [-0.4, -0.2) is 125 Å². The summed E-state index contributed by atoms with van der Waals surface area (Å²) in [6, 6.07) is 13.6. The van der Waals surface area contributed by atoms with E-state index in [1.54, 1.807) is 22.4 Å². The normalized spacial score (nSPS) is 23.5. The van der Waals surface area contributed by atoms with Gasteiger partial charge in [-0.05, 0) is 119 Å². The smallest absolute Gasteiger partial charge is 0.407 e. The number of thiophene rings is 1. The predicted octanol–water partition coefficient (Wildman–Crippen LogP) is 8.49. The van der Waals surface area contributed by atoms with Gasteiger partial charge in [0, 0.05) is 41.1 Å². The summed E-state index contributed by atoms with van der Waals surface area (Å²) in [5.74, 6) is 1.03. The van der Waals surface area contributed by atoms with Crippen molar-refractivity contribution in [3.8, 4) is 28.3 Å². The number of methoxy groups -OCH3 is 2. The van der Waals surface area contributed by atoms with Crippen LogP contribution in [0.5, 0.6) is 5.75 Å². The third kappa shape index (κ3) is 8.92. The van der Waals surface area contributed by atoms with Gasteiger partial charge in [0.25, 0.3) is 0 Å². The van der Waals surface area contributed by atoms with Crippen molar-refractivity contribution in [3.63, 3.8) is 0 Å². The van der Waals surface area contributed by atoms with Crippen molar-refractivity contribution in [1.29, 1.82) is 0 Å². The van der Waals surface area contributed by atoms with Gasteiger partial charge in [-0.15, -0.1) is 11.3 Å². The van der Waals surface area contributed by atoms with Crippen LogP contribution in [0.2, 0.25) is 0 Å². The van der Waals surface area contributed by atoms with Gasteiger partial charge < -0.3 is 44.4 Å². The zero-order valence-corrected chi connectivity index (χ0v) is 41.9. The minimum atomic E-state index is -0.774. The van der Waals surface area contributed by atoms with Gasteiger partial charge in [-0.3, -0.25) is 19.1 Å². The Labute approximate surface area is 420 Å². The second-order valence-corrected chi connectivity index (χ2v) is 21.4. The average molecular weight is 1000 g/mol. The summed E-state index contributed by atoms with van der Waals surface area (Å²) in [6.07, 6.45) is 6.45. The predicted molar refractivity (Wildman–Crippen MR) is 269 cm³/mol. The van der Waals surface area contributed by atoms with Crippen molar-refractivity contribution >= 4 is 57.8 Å². The Morgan fingerprint density at radius 3 is 2.38 bits per heavy atom. The molecule has 3 N–H and O–H groups in total. The molecule has 378 valence electrons. The molecule has 0 bridgehead atoms. The fourth-order valence-electron chi connectivity index (χ4n) is 11.3. The summed E-state index contributed by atoms with van der Waals surface area (Å²) in [4.78, 5) is 76.8. The first-order valence-corrected chi connectivity index (χ1v) is 26.0. The van der Waals surface area contributed by atoms with Crippen LogP contribution in [0.15, 0.2) is 64.7 Å². The number of aromatic nitrogens is 3. The highest BCUT2D eigenvalue weighted by atomic mass is 32.1. The fraction of sp³-hybridized carbons (Fsp3) is 0.491. The van der Waals surface area contributed by atoms with Gasteiger partial charge in [0.1, 0.15) is 35.3 Å². The van der Waals surface area contributed by atoms with Crippen molar-refractivity contribution in [2.24, 2.45) is 21.8 Å². The van der Waals surface area contributed by atoms with Crippen LogP contribution < -0.4 is 15.4 Å². The van der Waals surface area contributed by atoms with Crippen LogP contribution in [0.25, 0.3) is 33.4 Å². The Kier molecular flexibility index (Phi) is 12.9. The van der Waals surface area contributed by atoms with E-state index in [9.17, 15) is 19.2 Å². The number of fused-ring (bicyclic) bond motifs is 5. The highest BCUT2D eigenvalue weighted by Crippen LogP contribution is 2.50. The number of carbonyl (C=O) groups excluding carboxylic acids is 4. The Morgan fingerprint density at radius 1 is 0.875 bits per heavy atom. The lowest BCUT2D eigenvalue weighted by Crippen LogP contribution is -2.53. The summed E-state index contributed by atoms with van der Waals surface area (Å²) >= 11 is 1.73. The van der Waals surface area contributed by atoms with Crippen molar-refractivity contribution in [1.82, 2.24) is 35.0 Å². The number of imidazole rings is 1. The molecule has 1 aliphatic carbocycles. The number of H-pyrrole nitrogens is 1. The number of nitrogens with one attached hydrogen (secondary N) is 3. The molecule has 19 heteroatoms. The Hall–Kier alpha value is -6.60. The van der Waals surface area contributed by atoms with E-state index < -0.39 is 36.3 Å². The zero-order chi connectivity index (χ0) is 49.9. The molecule has 4 fully saturated rings. The van der Waals surface area contributed by atoms with E-state index in [0.29, 0.717) is 84.8 Å². The van der Waals surface area contributed by atoms with Crippen LogP contribution in [0, 0.1) is 17.7 Å². The average Bonchev–Trinajstić information content (AvgIpc) is 4.11. The Balaban J connectivity index is 0.887. The first-order valence-electron chi connectivity index (χ1n) is 25.2. The summed E-state index contributed by atoms with van der Waals surface area (Å²) in [7, 11) is 2.57. The third-order valence-electron chi connectivity index (χ3n) is 15.2. The minimum absolute atomic E-state index is 0.0261. The first-order chi connectivity index (χ1) is 34.9. The minimum Gasteiger partial charge on any atom is -0.464 e. The van der Waals surface area contributed by atoms with E-state index in [2.05, 4.69) is 38.4 Å². The highest BCUT2D eigenvalue weighted by molar-refractivity contribution is 7.12. The number of alkyl carbamates (subject to hydrolysis) is 2. The lowest BCUT2D eigenvalue weighted by atomic mass is 9.88. The molecule has 72 heavy (non-hydrogen) atoms. The maximum absolute atomic E-state index is 17.0. The van der Waals surface area contributed by atoms with Crippen molar-refractivity contribution < 1.29 is 42.5 Å². The van der Waals surface area contributed by atoms with E-state index in [1.807, 2.05) is 49.9 Å². The number of hydrogen-bond acceptors (Lipinski definition) is 12. The lowest BCUT2D eigenvalue weighted by molar-refractivity contribution is -0.137. The summed E-state index contributed by atoms with van der Waals surface area (Å²) in [5, 5.41) is 6.42. The number of rotatable bonds is 12. The number of amides is 4. The topological polar surface area (TPSA) is 194 Å². The van der Waals surface area contributed by atoms with Crippen molar-refractivity contribution in [2.45, 2.75) is 115 Å². The molecule has 7 atom stereocenters. The van der Waals surface area contributed by atoms with Crippen LogP contribution in [0.3, 0.4) is 0 Å². The van der Waals surface area contributed by atoms with Gasteiger partial charge in [0.15, 0.2) is 0 Å². The quantitative estimate of drug-likeness (QED) is 0.110. The van der Waals surface area contributed by atoms with Crippen LogP contribution in [-0.2, 0) is 23.8 Å². The molecule has 1 saturated carbocycles. The van der Waals surface area contributed by atoms with Gasteiger partial charge in [-0.2, -0.15) is 0 Å². The zero-order valence-electron chi connectivity index (χ0n) is 41.1. The highest BCUT2D eigenvalue weighted by Gasteiger charge is 2.42. The molecule has 4 amide bonds. The van der Waals surface area contributed by atoms with Gasteiger partial charge in [-0.25, -0.2) is 24.0 Å². The Morgan fingerprint density at radius 2 is 1.62 bits per heavy atom. The molecule has 3 saturated heterocycles. The molecule has 11 rings (SSSR count). The number of nitrogens with zero attached hydrogens (tertiary/aromatic N) is 6. The summed E-state index contributed by atoms with van der Waals surface area (Å²) < 4.78 is 41.5. The number of amidine groups is 1. The number of benzene rings is 2. The molecule has 3 aromatic heterocycles. The van der Waals surface area contributed by atoms with E-state index in [1.165, 1.54) is 25.2 Å². The summed E-state index contributed by atoms with van der Waals surface area (Å²) in [6.45, 7) is 7.51. The number of hydrogen-bond donors (Lipinski definition) is 3. The van der Waals surface area contributed by atoms with Gasteiger partial charge in [0.05, 0.1) is 78.2 Å². The van der Waals surface area contributed by atoms with Gasteiger partial charge in [-0.1, -0.05) is 19.9 Å². The molecular weight excluding hydrogens is 942 g/mol. The second-order valence-electron chi connectivity index (χ2n) is 20.2. The van der Waals surface area contributed by atoms with Crippen LogP contribution in [0.4, 0.5) is 14.0 Å². The second kappa shape index (κ2) is 19.4. The number of halogens is 1. The molecule has 5 aliphatic heterocycles. The van der Waals surface area contributed by atoms with Crippen LogP contribution >= 0.6 is 11.3 Å². The number of aliphatic imine (C=N–C) groups is 2. The molecular formula is C53H60FN9O8S. The summed E-state index contributed by atoms with van der Waals surface area (Å²) in [5.41, 5.74) is 4.69. The first kappa shape index (κ1) is 47.7. The number of ether oxygens (including phenoxy) is 4. The monoisotopic (exact) mass is 1000 g/mol. The molecule has 3 unspecified atom stereocenters. The third-order valence-corrected chi connectivity index (χ3v) is 16.5. The maximum Gasteiger partial charge on any atom is 0.407 e. The van der Waals surface area contributed by atoms with Gasteiger partial charge >= 0.3 is 12.2 Å². The fourth-order valence-corrected chi connectivity index (χ4v) is 12.5. The largest absolute Gasteiger partial charge is 0.464 e. The van der Waals surface area contributed by atoms with Crippen LogP contribution in [0.1, 0.15) is 111 Å². The molecule has 2 aromatic carbocycles. The Bertz CT molecular complexity index is 3010. The van der Waals surface area contributed by atoms with Crippen molar-refractivity contribution in [3.05, 3.63) is 81.7 Å². The standard InChI is InChI=1S/C53H60FN9O8S/c1-27(2)45(59-52(66)68-4)49(64)61-17-6-8-38(61)48-56-26-36(58-48)32-22-34(54)44-40-23-33-21-30(12-13-37(33)63(40)51(71-41(44)24-32)43-15-14-42(72-43)29-10-11-29)35-25-55-47(57-35)39-9-7-18-62(39)50(65)46(60-53(67)69-5)31-16-19-70-28(3)20-31/h12-15,21-25,27-29,31,38-39,45-46,51H,6-11,16-20,26H2,1-5H3,(H,55,57)(H,59,66)(H,60,67)/t28-,31?,38-,39-,45-,46?,51?/m0/s1. The molecule has 6 aliphatic rings. The maximum atomic E-state index is 17.0. The molecule has 17 nitrogen and oxygen atoms in total. The number of likely N-dealkylation sites (tertiary alicyclic amines) is 2. The molecule has 8 heterocycles. The van der Waals surface area contributed by atoms with E-state index in [0.717, 1.165) is 59.1 Å². The number of aromatic amines is 1. The SMILES string of the molecule is COC(=O)NC(C(=O)N1CCC[C@H]1c1ncc(-c2ccc3c(c2)cc2n3C(c3ccc(C4CC4)s3)Oc3cc(C4=NC([C@@H]5CCCN5C(=O)[C@@H](NC(=O)OC)C(C)C)=NC4)cc(F)c3-2)[nH]1)C1CCO[C@@H](C)C1. The molecule has 5 aromatic rings. The molecule has 0 radical (unpaired) electrons. The van der Waals surface area contributed by atoms with Gasteiger partial charge in [0.2, 0.25) is 18.0 Å². The van der Waals surface area contributed by atoms with Crippen molar-refractivity contribution in [2.75, 3.05) is 40.5 Å². The van der Waals surface area contributed by atoms with E-state index in [4.69, 9.17) is 33.9 Å². The lowest BCUT2D eigenvalue weighted by Gasteiger charge is -2.36. The van der Waals surface area contributed by atoms with E-state index in [-0.39, 0.29) is 48.4 Å². The number of carbonyl (C=O) groups is 4.